The number of ether oxygens (including phenoxy) is 3. The van der Waals surface area contributed by atoms with E-state index in [4.69, 9.17) is 14.2 Å². The third kappa shape index (κ3) is 3.21. The van der Waals surface area contributed by atoms with Crippen LogP contribution in [0.3, 0.4) is 0 Å². The predicted molar refractivity (Wildman–Crippen MR) is 92.7 cm³/mol. The monoisotopic (exact) mass is 342 g/mol. The molecule has 130 valence electrons. The highest BCUT2D eigenvalue weighted by Crippen LogP contribution is 2.36. The van der Waals surface area contributed by atoms with Crippen LogP contribution in [0.15, 0.2) is 36.4 Å². The number of fused-ring (bicyclic) bond motifs is 1. The third-order valence-corrected chi connectivity index (χ3v) is 3.84. The highest BCUT2D eigenvalue weighted by molar-refractivity contribution is 6.09. The van der Waals surface area contributed by atoms with E-state index >= 15 is 0 Å². The van der Waals surface area contributed by atoms with Gasteiger partial charge in [-0.1, -0.05) is 6.07 Å². The molecular formula is C18H18N2O5. The van der Waals surface area contributed by atoms with Gasteiger partial charge in [-0.3, -0.25) is 9.59 Å². The summed E-state index contributed by atoms with van der Waals surface area (Å²) in [6, 6.07) is 10.0. The molecule has 0 saturated heterocycles. The number of carbonyl (C=O) groups excluding carboxylic acids is 2. The van der Waals surface area contributed by atoms with Crippen LogP contribution in [0.5, 0.6) is 17.2 Å². The Kier molecular flexibility index (Phi) is 4.47. The zero-order valence-electron chi connectivity index (χ0n) is 14.1. The summed E-state index contributed by atoms with van der Waals surface area (Å²) in [5.74, 6) is 0.890. The number of para-hydroxylation sites is 1. The first-order valence-corrected chi connectivity index (χ1v) is 7.67. The van der Waals surface area contributed by atoms with E-state index in [1.165, 1.54) is 14.2 Å². The van der Waals surface area contributed by atoms with Gasteiger partial charge in [-0.2, -0.15) is 0 Å². The van der Waals surface area contributed by atoms with E-state index < -0.39 is 6.10 Å². The van der Waals surface area contributed by atoms with Crippen LogP contribution in [-0.2, 0) is 4.79 Å². The third-order valence-electron chi connectivity index (χ3n) is 3.84. The molecule has 1 aliphatic heterocycles. The molecule has 0 spiro atoms. The van der Waals surface area contributed by atoms with Gasteiger partial charge in [0.05, 0.1) is 19.9 Å². The second kappa shape index (κ2) is 6.72. The van der Waals surface area contributed by atoms with Crippen molar-refractivity contribution in [3.8, 4) is 17.2 Å². The van der Waals surface area contributed by atoms with Crippen molar-refractivity contribution < 1.29 is 23.8 Å². The Morgan fingerprint density at radius 2 is 1.92 bits per heavy atom. The summed E-state index contributed by atoms with van der Waals surface area (Å²) >= 11 is 0. The van der Waals surface area contributed by atoms with Gasteiger partial charge >= 0.3 is 0 Å². The van der Waals surface area contributed by atoms with Crippen molar-refractivity contribution in [2.75, 3.05) is 24.9 Å². The van der Waals surface area contributed by atoms with Crippen molar-refractivity contribution in [2.24, 2.45) is 0 Å². The Balaban J connectivity index is 1.87. The summed E-state index contributed by atoms with van der Waals surface area (Å²) < 4.78 is 15.9. The molecule has 7 heteroatoms. The number of anilines is 2. The van der Waals surface area contributed by atoms with Gasteiger partial charge in [0.25, 0.3) is 11.8 Å². The Morgan fingerprint density at radius 3 is 2.64 bits per heavy atom. The van der Waals surface area contributed by atoms with Crippen LogP contribution < -0.4 is 24.8 Å². The van der Waals surface area contributed by atoms with Crippen LogP contribution in [0.1, 0.15) is 17.3 Å². The van der Waals surface area contributed by atoms with Crippen molar-refractivity contribution in [3.05, 3.63) is 42.0 Å². The zero-order valence-corrected chi connectivity index (χ0v) is 14.1. The number of nitrogens with one attached hydrogen (secondary N) is 2. The fourth-order valence-corrected chi connectivity index (χ4v) is 2.50. The number of hydrogen-bond acceptors (Lipinski definition) is 5. The topological polar surface area (TPSA) is 85.9 Å². The number of methoxy groups -OCH3 is 2. The molecule has 0 fully saturated rings. The molecule has 0 aromatic heterocycles. The minimum Gasteiger partial charge on any atom is -0.493 e. The van der Waals surface area contributed by atoms with Crippen molar-refractivity contribution >= 4 is 23.2 Å². The first kappa shape index (κ1) is 16.6. The maximum Gasteiger partial charge on any atom is 0.265 e. The number of benzene rings is 2. The van der Waals surface area contributed by atoms with Crippen LogP contribution in [-0.4, -0.2) is 32.1 Å². The van der Waals surface area contributed by atoms with Gasteiger partial charge in [-0.05, 0) is 37.3 Å². The lowest BCUT2D eigenvalue weighted by Gasteiger charge is -2.25. The van der Waals surface area contributed by atoms with Gasteiger partial charge in [-0.15, -0.1) is 0 Å². The van der Waals surface area contributed by atoms with E-state index in [0.717, 1.165) is 0 Å². The molecule has 2 aromatic rings. The molecule has 0 bridgehead atoms. The van der Waals surface area contributed by atoms with Crippen LogP contribution in [0.25, 0.3) is 0 Å². The van der Waals surface area contributed by atoms with Crippen molar-refractivity contribution in [1.82, 2.24) is 0 Å². The van der Waals surface area contributed by atoms with Crippen molar-refractivity contribution in [1.29, 1.82) is 0 Å². The standard InChI is InChI=1S/C18H18N2O5/c1-10-17(21)20-16-12(5-4-6-14(16)25-10)19-18(22)11-7-8-13(23-2)15(9-11)24-3/h4-10H,1-3H3,(H,19,22)(H,20,21). The molecule has 3 rings (SSSR count). The molecule has 7 nitrogen and oxygen atoms in total. The minimum absolute atomic E-state index is 0.264. The quantitative estimate of drug-likeness (QED) is 0.892. The van der Waals surface area contributed by atoms with Crippen LogP contribution in [0.4, 0.5) is 11.4 Å². The number of rotatable bonds is 4. The van der Waals surface area contributed by atoms with E-state index in [1.807, 2.05) is 0 Å². The molecular weight excluding hydrogens is 324 g/mol. The van der Waals surface area contributed by atoms with Crippen LogP contribution in [0, 0.1) is 0 Å². The average molecular weight is 342 g/mol. The Morgan fingerprint density at radius 1 is 1.16 bits per heavy atom. The number of hydrogen-bond donors (Lipinski definition) is 2. The molecule has 0 aliphatic carbocycles. The summed E-state index contributed by atoms with van der Waals surface area (Å²) in [4.78, 5) is 24.4. The molecule has 2 aromatic carbocycles. The molecule has 2 N–H and O–H groups in total. The van der Waals surface area contributed by atoms with E-state index in [9.17, 15) is 9.59 Å². The van der Waals surface area contributed by atoms with Crippen molar-refractivity contribution in [3.63, 3.8) is 0 Å². The smallest absolute Gasteiger partial charge is 0.265 e. The van der Waals surface area contributed by atoms with E-state index in [2.05, 4.69) is 10.6 Å². The van der Waals surface area contributed by atoms with Gasteiger partial charge in [0.1, 0.15) is 11.4 Å². The summed E-state index contributed by atoms with van der Waals surface area (Å²) in [5.41, 5.74) is 1.30. The fourth-order valence-electron chi connectivity index (χ4n) is 2.50. The molecule has 1 heterocycles. The predicted octanol–water partition coefficient (Wildman–Crippen LogP) is 2.68. The maximum atomic E-state index is 12.6. The van der Waals surface area contributed by atoms with Gasteiger partial charge in [0, 0.05) is 5.56 Å². The maximum absolute atomic E-state index is 12.6. The van der Waals surface area contributed by atoms with Crippen LogP contribution in [0.2, 0.25) is 0 Å². The highest BCUT2D eigenvalue weighted by Gasteiger charge is 2.26. The van der Waals surface area contributed by atoms with Gasteiger partial charge in [0.15, 0.2) is 17.6 Å². The van der Waals surface area contributed by atoms with E-state index in [-0.39, 0.29) is 11.8 Å². The highest BCUT2D eigenvalue weighted by atomic mass is 16.5. The molecule has 1 atom stereocenters. The molecule has 2 amide bonds. The molecule has 0 radical (unpaired) electrons. The molecule has 1 unspecified atom stereocenters. The van der Waals surface area contributed by atoms with Gasteiger partial charge in [-0.25, -0.2) is 0 Å². The first-order chi connectivity index (χ1) is 12.0. The summed E-state index contributed by atoms with van der Waals surface area (Å²) in [5, 5.41) is 5.53. The first-order valence-electron chi connectivity index (χ1n) is 7.67. The number of amides is 2. The van der Waals surface area contributed by atoms with Crippen LogP contribution >= 0.6 is 0 Å². The zero-order chi connectivity index (χ0) is 18.0. The van der Waals surface area contributed by atoms with Gasteiger partial charge < -0.3 is 24.8 Å². The van der Waals surface area contributed by atoms with E-state index in [0.29, 0.717) is 34.2 Å². The minimum atomic E-state index is -0.579. The summed E-state index contributed by atoms with van der Waals surface area (Å²) in [6.45, 7) is 1.66. The summed E-state index contributed by atoms with van der Waals surface area (Å²) in [7, 11) is 3.03. The van der Waals surface area contributed by atoms with E-state index in [1.54, 1.807) is 43.3 Å². The Bertz CT molecular complexity index is 834. The molecule has 1 aliphatic rings. The normalized spacial score (nSPS) is 15.5. The lowest BCUT2D eigenvalue weighted by Crippen LogP contribution is -2.34. The largest absolute Gasteiger partial charge is 0.493 e. The summed E-state index contributed by atoms with van der Waals surface area (Å²) in [6.07, 6.45) is -0.579. The van der Waals surface area contributed by atoms with Crippen molar-refractivity contribution in [2.45, 2.75) is 13.0 Å². The van der Waals surface area contributed by atoms with Gasteiger partial charge in [0.2, 0.25) is 0 Å². The SMILES string of the molecule is COc1ccc(C(=O)Nc2cccc3c2NC(=O)C(C)O3)cc1OC. The second-order valence-electron chi connectivity index (χ2n) is 5.45. The lowest BCUT2D eigenvalue weighted by molar-refractivity contribution is -0.122. The Labute approximate surface area is 144 Å². The molecule has 25 heavy (non-hydrogen) atoms. The fraction of sp³-hybridized carbons (Fsp3) is 0.222. The lowest BCUT2D eigenvalue weighted by atomic mass is 10.1. The second-order valence-corrected chi connectivity index (χ2v) is 5.45. The molecule has 0 saturated carbocycles. The average Bonchev–Trinajstić information content (AvgIpc) is 2.62. The number of carbonyl (C=O) groups is 2. The Hall–Kier alpha value is -3.22.